The van der Waals surface area contributed by atoms with Gasteiger partial charge in [-0.1, -0.05) is 0 Å². The standard InChI is InChI=1S/C12H23N5O/c1-9(2)17-12(14-8-15-17)7-10(16-13)11-5-3-4-6-18-11/h8-11,16H,3-7,13H2,1-2H3. The molecule has 3 N–H and O–H groups in total. The van der Waals surface area contributed by atoms with Gasteiger partial charge < -0.3 is 4.74 Å². The average molecular weight is 253 g/mol. The van der Waals surface area contributed by atoms with E-state index in [1.165, 1.54) is 6.42 Å². The van der Waals surface area contributed by atoms with Crippen LogP contribution in [0.4, 0.5) is 0 Å². The van der Waals surface area contributed by atoms with Crippen LogP contribution in [0.25, 0.3) is 0 Å². The normalized spacial score (nSPS) is 22.3. The second-order valence-corrected chi connectivity index (χ2v) is 5.10. The van der Waals surface area contributed by atoms with E-state index in [1.54, 1.807) is 6.33 Å². The third-order valence-corrected chi connectivity index (χ3v) is 3.42. The second kappa shape index (κ2) is 6.26. The number of aromatic nitrogens is 3. The quantitative estimate of drug-likeness (QED) is 0.599. The molecule has 18 heavy (non-hydrogen) atoms. The number of nitrogens with one attached hydrogen (secondary N) is 1. The Morgan fingerprint density at radius 1 is 1.56 bits per heavy atom. The Bertz CT molecular complexity index is 359. The number of hydrazine groups is 1. The molecule has 2 rings (SSSR count). The monoisotopic (exact) mass is 253 g/mol. The molecule has 1 fully saturated rings. The van der Waals surface area contributed by atoms with Crippen LogP contribution in [0.3, 0.4) is 0 Å². The highest BCUT2D eigenvalue weighted by molar-refractivity contribution is 4.94. The van der Waals surface area contributed by atoms with Gasteiger partial charge in [0, 0.05) is 19.1 Å². The molecule has 0 aromatic carbocycles. The summed E-state index contributed by atoms with van der Waals surface area (Å²) in [4.78, 5) is 4.32. The highest BCUT2D eigenvalue weighted by atomic mass is 16.5. The van der Waals surface area contributed by atoms with Crippen molar-refractivity contribution in [2.24, 2.45) is 5.84 Å². The van der Waals surface area contributed by atoms with Crippen LogP contribution in [0.5, 0.6) is 0 Å². The average Bonchev–Trinajstić information content (AvgIpc) is 2.85. The van der Waals surface area contributed by atoms with E-state index in [9.17, 15) is 0 Å². The van der Waals surface area contributed by atoms with E-state index in [1.807, 2.05) is 4.68 Å². The van der Waals surface area contributed by atoms with Crippen LogP contribution in [0.1, 0.15) is 45.0 Å². The molecule has 6 nitrogen and oxygen atoms in total. The molecule has 2 atom stereocenters. The molecule has 1 aromatic rings. The van der Waals surface area contributed by atoms with Gasteiger partial charge >= 0.3 is 0 Å². The maximum Gasteiger partial charge on any atom is 0.138 e. The molecule has 1 aromatic heterocycles. The Labute approximate surface area is 108 Å². The van der Waals surface area contributed by atoms with Crippen molar-refractivity contribution < 1.29 is 4.74 Å². The van der Waals surface area contributed by atoms with Gasteiger partial charge in [-0.2, -0.15) is 5.10 Å². The maximum absolute atomic E-state index is 5.78. The van der Waals surface area contributed by atoms with Crippen LogP contribution in [-0.2, 0) is 11.2 Å². The zero-order valence-corrected chi connectivity index (χ0v) is 11.2. The van der Waals surface area contributed by atoms with Crippen LogP contribution in [0, 0.1) is 0 Å². The molecule has 102 valence electrons. The van der Waals surface area contributed by atoms with Gasteiger partial charge in [0.05, 0.1) is 12.1 Å². The van der Waals surface area contributed by atoms with Gasteiger partial charge in [-0.05, 0) is 33.1 Å². The van der Waals surface area contributed by atoms with Gasteiger partial charge in [0.2, 0.25) is 0 Å². The van der Waals surface area contributed by atoms with E-state index >= 15 is 0 Å². The van der Waals surface area contributed by atoms with Crippen molar-refractivity contribution in [3.63, 3.8) is 0 Å². The number of nitrogens with two attached hydrogens (primary N) is 1. The Morgan fingerprint density at radius 2 is 2.39 bits per heavy atom. The number of hydrogen-bond donors (Lipinski definition) is 2. The third kappa shape index (κ3) is 3.07. The fourth-order valence-corrected chi connectivity index (χ4v) is 2.43. The minimum Gasteiger partial charge on any atom is -0.377 e. The molecule has 2 heterocycles. The Morgan fingerprint density at radius 3 is 3.00 bits per heavy atom. The molecule has 0 amide bonds. The summed E-state index contributed by atoms with van der Waals surface area (Å²) in [5, 5.41) is 4.24. The van der Waals surface area contributed by atoms with Crippen molar-refractivity contribution in [3.05, 3.63) is 12.2 Å². The van der Waals surface area contributed by atoms with E-state index in [0.717, 1.165) is 31.7 Å². The zero-order valence-electron chi connectivity index (χ0n) is 11.2. The van der Waals surface area contributed by atoms with Gasteiger partial charge in [0.15, 0.2) is 0 Å². The molecule has 1 saturated heterocycles. The number of hydrogen-bond acceptors (Lipinski definition) is 5. The summed E-state index contributed by atoms with van der Waals surface area (Å²) in [5.74, 6) is 6.62. The molecule has 1 aliphatic heterocycles. The predicted molar refractivity (Wildman–Crippen MR) is 68.8 cm³/mol. The first-order valence-electron chi connectivity index (χ1n) is 6.68. The van der Waals surface area contributed by atoms with Crippen LogP contribution < -0.4 is 11.3 Å². The third-order valence-electron chi connectivity index (χ3n) is 3.42. The Hall–Kier alpha value is -0.980. The largest absolute Gasteiger partial charge is 0.377 e. The van der Waals surface area contributed by atoms with Gasteiger partial charge in [-0.3, -0.25) is 11.3 Å². The molecular weight excluding hydrogens is 230 g/mol. The van der Waals surface area contributed by atoms with Crippen molar-refractivity contribution in [2.75, 3.05) is 6.61 Å². The summed E-state index contributed by atoms with van der Waals surface area (Å²) in [5.41, 5.74) is 2.87. The van der Waals surface area contributed by atoms with Crippen molar-refractivity contribution in [3.8, 4) is 0 Å². The lowest BCUT2D eigenvalue weighted by Gasteiger charge is -2.30. The lowest BCUT2D eigenvalue weighted by molar-refractivity contribution is -0.00806. The zero-order chi connectivity index (χ0) is 13.0. The molecule has 6 heteroatoms. The smallest absolute Gasteiger partial charge is 0.138 e. The fourth-order valence-electron chi connectivity index (χ4n) is 2.43. The molecular formula is C12H23N5O. The van der Waals surface area contributed by atoms with E-state index < -0.39 is 0 Å². The summed E-state index contributed by atoms with van der Waals surface area (Å²) >= 11 is 0. The first kappa shape index (κ1) is 13.5. The van der Waals surface area contributed by atoms with Gasteiger partial charge in [0.1, 0.15) is 12.2 Å². The Kier molecular flexibility index (Phi) is 4.68. The van der Waals surface area contributed by atoms with E-state index in [2.05, 4.69) is 29.4 Å². The summed E-state index contributed by atoms with van der Waals surface area (Å²) in [6.45, 7) is 5.03. The SMILES string of the molecule is CC(C)n1ncnc1CC(NN)C1CCCCO1. The minimum atomic E-state index is 0.104. The number of nitrogens with zero attached hydrogens (tertiary/aromatic N) is 3. The highest BCUT2D eigenvalue weighted by Gasteiger charge is 2.25. The summed E-state index contributed by atoms with van der Waals surface area (Å²) in [6.07, 6.45) is 5.95. The predicted octanol–water partition coefficient (Wildman–Crippen LogP) is 0.802. The molecule has 1 aliphatic rings. The summed E-state index contributed by atoms with van der Waals surface area (Å²) in [7, 11) is 0. The van der Waals surface area contributed by atoms with Crippen LogP contribution in [0.2, 0.25) is 0 Å². The van der Waals surface area contributed by atoms with Crippen molar-refractivity contribution in [1.82, 2.24) is 20.2 Å². The van der Waals surface area contributed by atoms with Crippen LogP contribution in [-0.4, -0.2) is 33.5 Å². The summed E-state index contributed by atoms with van der Waals surface area (Å²) in [6, 6.07) is 0.417. The topological polar surface area (TPSA) is 78.0 Å². The lowest BCUT2D eigenvalue weighted by Crippen LogP contribution is -2.48. The molecule has 0 aliphatic carbocycles. The Balaban J connectivity index is 2.02. The first-order chi connectivity index (χ1) is 8.72. The molecule has 0 bridgehead atoms. The van der Waals surface area contributed by atoms with E-state index in [4.69, 9.17) is 10.6 Å². The maximum atomic E-state index is 5.78. The molecule has 0 spiro atoms. The molecule has 0 radical (unpaired) electrons. The van der Waals surface area contributed by atoms with Crippen molar-refractivity contribution >= 4 is 0 Å². The minimum absolute atomic E-state index is 0.104. The van der Waals surface area contributed by atoms with Gasteiger partial charge in [0.25, 0.3) is 0 Å². The van der Waals surface area contributed by atoms with Crippen molar-refractivity contribution in [1.29, 1.82) is 0 Å². The van der Waals surface area contributed by atoms with E-state index in [-0.39, 0.29) is 12.1 Å². The molecule has 2 unspecified atom stereocenters. The lowest BCUT2D eigenvalue weighted by atomic mass is 10.00. The second-order valence-electron chi connectivity index (χ2n) is 5.10. The number of ether oxygens (including phenoxy) is 1. The van der Waals surface area contributed by atoms with Gasteiger partial charge in [-0.15, -0.1) is 0 Å². The first-order valence-corrected chi connectivity index (χ1v) is 6.68. The summed E-state index contributed by atoms with van der Waals surface area (Å²) < 4.78 is 7.72. The highest BCUT2D eigenvalue weighted by Crippen LogP contribution is 2.18. The van der Waals surface area contributed by atoms with Crippen molar-refractivity contribution in [2.45, 2.75) is 57.7 Å². The number of rotatable bonds is 5. The van der Waals surface area contributed by atoms with E-state index in [0.29, 0.717) is 6.04 Å². The van der Waals surface area contributed by atoms with Crippen LogP contribution in [0.15, 0.2) is 6.33 Å². The fraction of sp³-hybridized carbons (Fsp3) is 0.833. The van der Waals surface area contributed by atoms with Crippen LogP contribution >= 0.6 is 0 Å². The van der Waals surface area contributed by atoms with Gasteiger partial charge in [-0.25, -0.2) is 9.67 Å². The molecule has 0 saturated carbocycles.